The van der Waals surface area contributed by atoms with Crippen molar-refractivity contribution in [2.24, 2.45) is 0 Å². The predicted molar refractivity (Wildman–Crippen MR) is 83.2 cm³/mol. The lowest BCUT2D eigenvalue weighted by molar-refractivity contribution is 0.103. The second-order valence-corrected chi connectivity index (χ2v) is 6.04. The number of hydrogen-bond acceptors (Lipinski definition) is 2. The van der Waals surface area contributed by atoms with Gasteiger partial charge in [-0.05, 0) is 46.3 Å². The summed E-state index contributed by atoms with van der Waals surface area (Å²) in [6.45, 7) is 0. The third-order valence-corrected chi connectivity index (χ3v) is 4.44. The molecule has 0 radical (unpaired) electrons. The average Bonchev–Trinajstić information content (AvgIpc) is 2.44. The minimum Gasteiger partial charge on any atom is -0.496 e. The highest BCUT2D eigenvalue weighted by Crippen LogP contribution is 2.31. The molecular weight excluding hydrogens is 414 g/mol. The van der Waals surface area contributed by atoms with Gasteiger partial charge in [0.2, 0.25) is 0 Å². The number of carbonyl (C=O) groups excluding carboxylic acids is 1. The van der Waals surface area contributed by atoms with E-state index < -0.39 is 11.6 Å². The van der Waals surface area contributed by atoms with Crippen molar-refractivity contribution >= 4 is 49.2 Å². The lowest BCUT2D eigenvalue weighted by Gasteiger charge is -2.10. The van der Waals surface area contributed by atoms with Crippen molar-refractivity contribution < 1.29 is 13.9 Å². The highest BCUT2D eigenvalue weighted by Gasteiger charge is 2.21. The maximum atomic E-state index is 14.1. The number of ketones is 1. The standard InChI is InChI=1S/C14H8Br2ClFO2/c1-20-11-6-7(15)2-3-8(11)14(19)9-4-5-10(16)12(17)13(9)18/h2-6H,1H3. The van der Waals surface area contributed by atoms with Crippen molar-refractivity contribution in [2.45, 2.75) is 0 Å². The molecule has 2 rings (SSSR count). The monoisotopic (exact) mass is 420 g/mol. The summed E-state index contributed by atoms with van der Waals surface area (Å²) in [5.74, 6) is -0.875. The van der Waals surface area contributed by atoms with E-state index in [-0.39, 0.29) is 16.1 Å². The zero-order valence-electron chi connectivity index (χ0n) is 10.2. The summed E-state index contributed by atoms with van der Waals surface area (Å²) in [5.41, 5.74) is 0.173. The van der Waals surface area contributed by atoms with Crippen molar-refractivity contribution in [3.63, 3.8) is 0 Å². The maximum Gasteiger partial charge on any atom is 0.199 e. The molecule has 20 heavy (non-hydrogen) atoms. The van der Waals surface area contributed by atoms with E-state index in [2.05, 4.69) is 31.9 Å². The van der Waals surface area contributed by atoms with Crippen LogP contribution in [0.5, 0.6) is 5.75 Å². The Bertz CT molecular complexity index is 689. The van der Waals surface area contributed by atoms with Gasteiger partial charge in [0, 0.05) is 8.95 Å². The molecule has 0 fully saturated rings. The second kappa shape index (κ2) is 6.24. The molecule has 0 heterocycles. The van der Waals surface area contributed by atoms with Gasteiger partial charge in [0.1, 0.15) is 5.75 Å². The van der Waals surface area contributed by atoms with Crippen LogP contribution < -0.4 is 4.74 Å². The topological polar surface area (TPSA) is 26.3 Å². The largest absolute Gasteiger partial charge is 0.496 e. The van der Waals surface area contributed by atoms with Gasteiger partial charge < -0.3 is 4.74 Å². The molecule has 0 atom stereocenters. The molecule has 0 aliphatic heterocycles. The van der Waals surface area contributed by atoms with Gasteiger partial charge in [-0.3, -0.25) is 4.79 Å². The Balaban J connectivity index is 2.55. The Morgan fingerprint density at radius 3 is 2.50 bits per heavy atom. The van der Waals surface area contributed by atoms with Crippen LogP contribution in [0.2, 0.25) is 5.02 Å². The molecule has 0 N–H and O–H groups in total. The van der Waals surface area contributed by atoms with E-state index in [9.17, 15) is 9.18 Å². The van der Waals surface area contributed by atoms with Crippen LogP contribution in [0, 0.1) is 5.82 Å². The van der Waals surface area contributed by atoms with Gasteiger partial charge in [0.05, 0.1) is 23.3 Å². The Kier molecular flexibility index (Phi) is 4.83. The Hall–Kier alpha value is -0.910. The van der Waals surface area contributed by atoms with E-state index in [1.165, 1.54) is 19.2 Å². The maximum absolute atomic E-state index is 14.1. The highest BCUT2D eigenvalue weighted by atomic mass is 79.9. The molecule has 0 saturated heterocycles. The zero-order chi connectivity index (χ0) is 14.9. The summed E-state index contributed by atoms with van der Waals surface area (Å²) in [6.07, 6.45) is 0. The van der Waals surface area contributed by atoms with Crippen molar-refractivity contribution in [3.05, 3.63) is 61.2 Å². The van der Waals surface area contributed by atoms with Crippen molar-refractivity contribution in [3.8, 4) is 5.75 Å². The number of halogens is 4. The lowest BCUT2D eigenvalue weighted by atomic mass is 10.0. The number of ether oxygens (including phenoxy) is 1. The van der Waals surface area contributed by atoms with Crippen LogP contribution in [0.3, 0.4) is 0 Å². The predicted octanol–water partition coefficient (Wildman–Crippen LogP) is 5.24. The van der Waals surface area contributed by atoms with Crippen molar-refractivity contribution in [1.82, 2.24) is 0 Å². The molecule has 0 aliphatic carbocycles. The average molecular weight is 422 g/mol. The highest BCUT2D eigenvalue weighted by molar-refractivity contribution is 9.10. The molecule has 6 heteroatoms. The van der Waals surface area contributed by atoms with E-state index in [4.69, 9.17) is 16.3 Å². The van der Waals surface area contributed by atoms with Crippen molar-refractivity contribution in [2.75, 3.05) is 7.11 Å². The summed E-state index contributed by atoms with van der Waals surface area (Å²) in [5, 5.41) is -0.119. The molecule has 2 aromatic rings. The normalized spacial score (nSPS) is 10.4. The Morgan fingerprint density at radius 1 is 1.20 bits per heavy atom. The summed E-state index contributed by atoms with van der Waals surface area (Å²) in [7, 11) is 1.45. The minimum absolute atomic E-state index is 0.0983. The molecule has 2 aromatic carbocycles. The fourth-order valence-electron chi connectivity index (χ4n) is 1.70. The van der Waals surface area contributed by atoms with Crippen LogP contribution in [0.1, 0.15) is 15.9 Å². The lowest BCUT2D eigenvalue weighted by Crippen LogP contribution is -2.07. The molecule has 0 aromatic heterocycles. The van der Waals surface area contributed by atoms with Gasteiger partial charge in [-0.15, -0.1) is 0 Å². The molecule has 0 bridgehead atoms. The summed E-state index contributed by atoms with van der Waals surface area (Å²) in [4.78, 5) is 12.4. The van der Waals surface area contributed by atoms with Gasteiger partial charge in [-0.1, -0.05) is 27.5 Å². The van der Waals surface area contributed by atoms with Crippen LogP contribution >= 0.6 is 43.5 Å². The SMILES string of the molecule is COc1cc(Br)ccc1C(=O)c1ccc(Br)c(Cl)c1F. The number of hydrogen-bond donors (Lipinski definition) is 0. The van der Waals surface area contributed by atoms with Crippen LogP contribution in [0.15, 0.2) is 39.3 Å². The molecule has 104 valence electrons. The fourth-order valence-corrected chi connectivity index (χ4v) is 2.51. The first-order valence-corrected chi connectivity index (χ1v) is 7.44. The molecule has 0 unspecified atom stereocenters. The Morgan fingerprint density at radius 2 is 1.85 bits per heavy atom. The number of benzene rings is 2. The first-order valence-electron chi connectivity index (χ1n) is 5.47. The molecule has 0 aliphatic rings. The Labute approximate surface area is 137 Å². The first kappa shape index (κ1) is 15.5. The zero-order valence-corrected chi connectivity index (χ0v) is 14.1. The van der Waals surface area contributed by atoms with E-state index in [0.717, 1.165) is 4.47 Å². The summed E-state index contributed by atoms with van der Waals surface area (Å²) >= 11 is 12.2. The van der Waals surface area contributed by atoms with E-state index in [0.29, 0.717) is 10.2 Å². The van der Waals surface area contributed by atoms with Crippen LogP contribution in [0.25, 0.3) is 0 Å². The van der Waals surface area contributed by atoms with Crippen LogP contribution in [0.4, 0.5) is 4.39 Å². The quantitative estimate of drug-likeness (QED) is 0.499. The van der Waals surface area contributed by atoms with Crippen LogP contribution in [-0.2, 0) is 0 Å². The molecule has 0 amide bonds. The van der Waals surface area contributed by atoms with Gasteiger partial charge in [0.25, 0.3) is 0 Å². The smallest absolute Gasteiger partial charge is 0.199 e. The molecular formula is C14H8Br2ClFO2. The molecule has 2 nitrogen and oxygen atoms in total. The van der Waals surface area contributed by atoms with Gasteiger partial charge >= 0.3 is 0 Å². The van der Waals surface area contributed by atoms with E-state index in [1.54, 1.807) is 18.2 Å². The fraction of sp³-hybridized carbons (Fsp3) is 0.0714. The van der Waals surface area contributed by atoms with Crippen LogP contribution in [-0.4, -0.2) is 12.9 Å². The number of rotatable bonds is 3. The third-order valence-electron chi connectivity index (χ3n) is 2.69. The number of carbonyl (C=O) groups is 1. The van der Waals surface area contributed by atoms with Crippen molar-refractivity contribution in [1.29, 1.82) is 0 Å². The van der Waals surface area contributed by atoms with Gasteiger partial charge in [0.15, 0.2) is 11.6 Å². The van der Waals surface area contributed by atoms with Gasteiger partial charge in [-0.2, -0.15) is 0 Å². The molecule has 0 saturated carbocycles. The molecule has 0 spiro atoms. The number of methoxy groups -OCH3 is 1. The second-order valence-electron chi connectivity index (χ2n) is 3.90. The van der Waals surface area contributed by atoms with E-state index >= 15 is 0 Å². The minimum atomic E-state index is -0.754. The van der Waals surface area contributed by atoms with E-state index in [1.807, 2.05) is 0 Å². The summed E-state index contributed by atoms with van der Waals surface area (Å²) in [6, 6.07) is 7.82. The summed E-state index contributed by atoms with van der Waals surface area (Å²) < 4.78 is 20.4. The van der Waals surface area contributed by atoms with Gasteiger partial charge in [-0.25, -0.2) is 4.39 Å². The third kappa shape index (κ3) is 2.90. The first-order chi connectivity index (χ1) is 9.45.